The third kappa shape index (κ3) is 8.03. The van der Waals surface area contributed by atoms with Crippen molar-refractivity contribution in [2.45, 2.75) is 84.7 Å². The normalized spacial score (nSPS) is 13.6. The summed E-state index contributed by atoms with van der Waals surface area (Å²) in [7, 11) is 0. The van der Waals surface area contributed by atoms with Crippen LogP contribution in [-0.2, 0) is 22.4 Å². The van der Waals surface area contributed by atoms with Gasteiger partial charge in [-0.05, 0) is 117 Å². The van der Waals surface area contributed by atoms with Gasteiger partial charge >= 0.3 is 6.18 Å². The van der Waals surface area contributed by atoms with Gasteiger partial charge in [0.25, 0.3) is 0 Å². The van der Waals surface area contributed by atoms with Crippen LogP contribution < -0.4 is 14.5 Å². The number of anilines is 4. The fourth-order valence-electron chi connectivity index (χ4n) is 8.49. The Balaban J connectivity index is 1.13. The van der Waals surface area contributed by atoms with Crippen molar-refractivity contribution in [2.24, 2.45) is 0 Å². The van der Waals surface area contributed by atoms with Crippen molar-refractivity contribution in [2.75, 3.05) is 16.5 Å². The monoisotopic (exact) mass is 842 g/mol. The molecule has 8 aromatic rings. The van der Waals surface area contributed by atoms with Crippen LogP contribution in [0.3, 0.4) is 0 Å². The van der Waals surface area contributed by atoms with Gasteiger partial charge in [0.15, 0.2) is 0 Å². The minimum Gasteiger partial charge on any atom is -0.457 e. The van der Waals surface area contributed by atoms with Crippen LogP contribution in [0.15, 0.2) is 146 Å². The first-order valence-electron chi connectivity index (χ1n) is 21.5. The lowest BCUT2D eigenvalue weighted by Gasteiger charge is -2.29. The number of ether oxygens (including phenoxy) is 1. The van der Waals surface area contributed by atoms with Crippen molar-refractivity contribution in [3.05, 3.63) is 168 Å². The summed E-state index contributed by atoms with van der Waals surface area (Å²) >= 11 is 0. The Morgan fingerprint density at radius 3 is 1.78 bits per heavy atom. The molecule has 0 amide bonds. The van der Waals surface area contributed by atoms with Gasteiger partial charge in [-0.15, -0.1) is 0 Å². The first kappa shape index (κ1) is 41.8. The first-order valence-corrected chi connectivity index (χ1v) is 21.5. The van der Waals surface area contributed by atoms with Crippen molar-refractivity contribution in [3.63, 3.8) is 0 Å². The van der Waals surface area contributed by atoms with E-state index >= 15 is 0 Å². The van der Waals surface area contributed by atoms with Crippen LogP contribution in [0.1, 0.15) is 84.6 Å². The molecule has 0 spiro atoms. The van der Waals surface area contributed by atoms with Crippen LogP contribution in [0.4, 0.5) is 35.9 Å². The number of rotatable bonds is 6. The Hall–Kier alpha value is -6.54. The molecule has 8 heteroatoms. The van der Waals surface area contributed by atoms with Gasteiger partial charge in [0.05, 0.1) is 28.0 Å². The Labute approximate surface area is 368 Å². The fourth-order valence-corrected chi connectivity index (χ4v) is 8.49. The zero-order valence-corrected chi connectivity index (χ0v) is 37.4. The zero-order valence-electron chi connectivity index (χ0n) is 37.4. The number of benzene rings is 6. The lowest BCUT2D eigenvalue weighted by Crippen LogP contribution is -2.25. The molecule has 63 heavy (non-hydrogen) atoms. The summed E-state index contributed by atoms with van der Waals surface area (Å²) in [5.74, 6) is 1.72. The van der Waals surface area contributed by atoms with E-state index in [9.17, 15) is 13.2 Å². The van der Waals surface area contributed by atoms with E-state index in [1.54, 1.807) is 12.3 Å². The van der Waals surface area contributed by atoms with Crippen molar-refractivity contribution in [1.82, 2.24) is 9.55 Å². The highest BCUT2D eigenvalue weighted by molar-refractivity contribution is 6.09. The largest absolute Gasteiger partial charge is 0.457 e. The second-order valence-electron chi connectivity index (χ2n) is 19.8. The van der Waals surface area contributed by atoms with E-state index in [2.05, 4.69) is 139 Å². The summed E-state index contributed by atoms with van der Waals surface area (Å²) in [6, 6.07) is 45.8. The second kappa shape index (κ2) is 15.1. The smallest absolute Gasteiger partial charge is 0.416 e. The maximum absolute atomic E-state index is 14.1. The van der Waals surface area contributed by atoms with Crippen LogP contribution in [0.25, 0.3) is 38.8 Å². The molecule has 2 aromatic heterocycles. The molecule has 3 heterocycles. The van der Waals surface area contributed by atoms with Crippen molar-refractivity contribution >= 4 is 44.6 Å². The number of nitrogens with zero attached hydrogens (tertiary/aromatic N) is 4. The van der Waals surface area contributed by atoms with E-state index in [4.69, 9.17) is 9.72 Å². The molecule has 0 radical (unpaired) electrons. The van der Waals surface area contributed by atoms with Crippen LogP contribution in [0.2, 0.25) is 0 Å². The molecule has 0 atom stereocenters. The molecule has 1 aliphatic heterocycles. The molecule has 0 bridgehead atoms. The first-order chi connectivity index (χ1) is 29.7. The Morgan fingerprint density at radius 1 is 0.476 bits per heavy atom. The van der Waals surface area contributed by atoms with Crippen LogP contribution in [0, 0.1) is 0 Å². The summed E-state index contributed by atoms with van der Waals surface area (Å²) in [5, 5.41) is 1.50. The maximum atomic E-state index is 14.1. The molecular weight excluding hydrogens is 790 g/mol. The molecule has 6 aromatic carbocycles. The van der Waals surface area contributed by atoms with Gasteiger partial charge in [-0.3, -0.25) is 4.57 Å². The van der Waals surface area contributed by atoms with Crippen LogP contribution >= 0.6 is 0 Å². The molecular formula is C55H53F3N4O. The molecule has 0 saturated heterocycles. The standard InChI is InChI=1S/C55H53F3N4O/c1-52(2,3)37-24-25-59-51(31-37)62-48-30-38(55(56,57)58)19-21-45(48)46-22-20-44(33-49(46)62)63-43-17-13-16-41(32-43)60-34-61(42-28-39(53(4,5)6)27-40(29-42)54(7,8)9)50-26-36(18-23-47(50)60)35-14-11-10-12-15-35/h10-33H,34H2,1-9H3. The van der Waals surface area contributed by atoms with Gasteiger partial charge in [-0.1, -0.05) is 117 Å². The quantitative estimate of drug-likeness (QED) is 0.167. The second-order valence-corrected chi connectivity index (χ2v) is 19.8. The number of hydrogen-bond donors (Lipinski definition) is 0. The minimum atomic E-state index is -4.50. The third-order valence-electron chi connectivity index (χ3n) is 12.2. The Morgan fingerprint density at radius 2 is 1.11 bits per heavy atom. The fraction of sp³-hybridized carbons (Fsp3) is 0.255. The van der Waals surface area contributed by atoms with Crippen LogP contribution in [-0.4, -0.2) is 16.2 Å². The number of aromatic nitrogens is 2. The van der Waals surface area contributed by atoms with E-state index in [1.165, 1.54) is 17.2 Å². The number of hydrogen-bond acceptors (Lipinski definition) is 4. The Bertz CT molecular complexity index is 2990. The highest BCUT2D eigenvalue weighted by atomic mass is 19.4. The number of fused-ring (bicyclic) bond motifs is 4. The minimum absolute atomic E-state index is 0.0494. The summed E-state index contributed by atoms with van der Waals surface area (Å²) in [6.07, 6.45) is -2.78. The number of alkyl halides is 3. The van der Waals surface area contributed by atoms with Gasteiger partial charge in [-0.25, -0.2) is 4.98 Å². The predicted octanol–water partition coefficient (Wildman–Crippen LogP) is 15.8. The zero-order chi connectivity index (χ0) is 44.6. The van der Waals surface area contributed by atoms with Crippen molar-refractivity contribution in [1.29, 1.82) is 0 Å². The molecule has 0 aliphatic carbocycles. The summed E-state index contributed by atoms with van der Waals surface area (Å²) in [6.45, 7) is 20.5. The van der Waals surface area contributed by atoms with Gasteiger partial charge in [0.1, 0.15) is 24.0 Å². The third-order valence-corrected chi connectivity index (χ3v) is 12.2. The van der Waals surface area contributed by atoms with Crippen molar-refractivity contribution < 1.29 is 17.9 Å². The SMILES string of the molecule is CC(C)(C)c1cc(N2CN(c3cccc(Oc4ccc5c6ccc(C(F)(F)F)cc6n(-c6cc(C(C)(C)C)ccn6)c5c4)c3)c3ccc(-c4ccccc4)cc32)cc(C(C)(C)C)c1. The molecule has 1 aliphatic rings. The van der Waals surface area contributed by atoms with Gasteiger partial charge in [0.2, 0.25) is 0 Å². The maximum Gasteiger partial charge on any atom is 0.416 e. The van der Waals surface area contributed by atoms with Crippen LogP contribution in [0.5, 0.6) is 11.5 Å². The van der Waals surface area contributed by atoms with E-state index in [0.717, 1.165) is 50.9 Å². The highest BCUT2D eigenvalue weighted by Crippen LogP contribution is 2.48. The van der Waals surface area contributed by atoms with E-state index < -0.39 is 11.7 Å². The topological polar surface area (TPSA) is 33.5 Å². The number of halogens is 3. The lowest BCUT2D eigenvalue weighted by molar-refractivity contribution is -0.137. The predicted molar refractivity (Wildman–Crippen MR) is 254 cm³/mol. The highest BCUT2D eigenvalue weighted by Gasteiger charge is 2.33. The summed E-state index contributed by atoms with van der Waals surface area (Å²) < 4.78 is 50.8. The van der Waals surface area contributed by atoms with E-state index in [0.29, 0.717) is 40.4 Å². The molecule has 0 saturated carbocycles. The molecule has 0 unspecified atom stereocenters. The summed E-state index contributed by atoms with van der Waals surface area (Å²) in [4.78, 5) is 9.43. The lowest BCUT2D eigenvalue weighted by atomic mass is 9.80. The molecule has 0 fully saturated rings. The average Bonchev–Trinajstić information content (AvgIpc) is 3.78. The average molecular weight is 843 g/mol. The Kier molecular flexibility index (Phi) is 10.0. The molecule has 9 rings (SSSR count). The van der Waals surface area contributed by atoms with E-state index in [1.807, 2.05) is 59.2 Å². The molecule has 0 N–H and O–H groups in total. The van der Waals surface area contributed by atoms with Crippen molar-refractivity contribution in [3.8, 4) is 28.4 Å². The van der Waals surface area contributed by atoms with E-state index in [-0.39, 0.29) is 16.2 Å². The molecule has 5 nitrogen and oxygen atoms in total. The van der Waals surface area contributed by atoms with Gasteiger partial charge in [0, 0.05) is 40.5 Å². The number of pyridine rings is 1. The summed E-state index contributed by atoms with van der Waals surface area (Å²) in [5.41, 5.74) is 10.3. The van der Waals surface area contributed by atoms with Gasteiger partial charge < -0.3 is 14.5 Å². The molecule has 320 valence electrons. The van der Waals surface area contributed by atoms with Gasteiger partial charge in [-0.2, -0.15) is 13.2 Å².